The van der Waals surface area contributed by atoms with Gasteiger partial charge in [0.2, 0.25) is 7.37 Å². The highest BCUT2D eigenvalue weighted by atomic mass is 31.2. The van der Waals surface area contributed by atoms with Crippen LogP contribution in [0.25, 0.3) is 0 Å². The summed E-state index contributed by atoms with van der Waals surface area (Å²) in [5.74, 6) is 0.493. The van der Waals surface area contributed by atoms with Gasteiger partial charge in [-0.25, -0.2) is 4.79 Å². The molecule has 1 unspecified atom stereocenters. The molecule has 2 atom stereocenters. The maximum absolute atomic E-state index is 11.8. The summed E-state index contributed by atoms with van der Waals surface area (Å²) in [6, 6.07) is 10.5. The number of aromatic nitrogens is 1. The van der Waals surface area contributed by atoms with E-state index in [1.165, 1.54) is 6.66 Å². The van der Waals surface area contributed by atoms with E-state index in [1.54, 1.807) is 49.6 Å². The van der Waals surface area contributed by atoms with Gasteiger partial charge in [0.05, 0.1) is 0 Å². The molecule has 0 fully saturated rings. The molecule has 2 rings (SSSR count). The second-order valence-electron chi connectivity index (χ2n) is 5.66. The van der Waals surface area contributed by atoms with E-state index >= 15 is 0 Å². The molecule has 1 amide bonds. The van der Waals surface area contributed by atoms with Gasteiger partial charge in [-0.2, -0.15) is 0 Å². The molecule has 1 heterocycles. The number of carbonyl (C=O) groups is 1. The van der Waals surface area contributed by atoms with Crippen molar-refractivity contribution in [2.24, 2.45) is 0 Å². The van der Waals surface area contributed by atoms with Gasteiger partial charge >= 0.3 is 6.09 Å². The van der Waals surface area contributed by atoms with Crippen LogP contribution in [0.5, 0.6) is 5.75 Å². The van der Waals surface area contributed by atoms with Crippen LogP contribution in [0.2, 0.25) is 0 Å². The van der Waals surface area contributed by atoms with Crippen molar-refractivity contribution in [1.82, 2.24) is 10.3 Å². The van der Waals surface area contributed by atoms with Gasteiger partial charge < -0.3 is 19.7 Å². The first-order valence-corrected chi connectivity index (χ1v) is 9.98. The van der Waals surface area contributed by atoms with Gasteiger partial charge in [0.1, 0.15) is 11.9 Å². The fourth-order valence-electron chi connectivity index (χ4n) is 1.96. The molecule has 1 aromatic heterocycles. The van der Waals surface area contributed by atoms with Crippen molar-refractivity contribution in [1.29, 1.82) is 0 Å². The zero-order chi connectivity index (χ0) is 18.3. The molecule has 1 aromatic carbocycles. The third-order valence-electron chi connectivity index (χ3n) is 3.27. The first-order valence-electron chi connectivity index (χ1n) is 7.69. The fourth-order valence-corrected chi connectivity index (χ4v) is 2.35. The summed E-state index contributed by atoms with van der Waals surface area (Å²) in [5, 5.41) is 2.67. The lowest BCUT2D eigenvalue weighted by Gasteiger charge is -2.14. The van der Waals surface area contributed by atoms with E-state index in [1.807, 2.05) is 6.07 Å². The van der Waals surface area contributed by atoms with Gasteiger partial charge in [-0.3, -0.25) is 9.55 Å². The average molecular weight is 364 g/mol. The van der Waals surface area contributed by atoms with Crippen molar-refractivity contribution in [3.8, 4) is 5.75 Å². The Hall–Kier alpha value is -2.37. The number of nitrogens with one attached hydrogen (secondary N) is 1. The number of rotatable bonds is 7. The van der Waals surface area contributed by atoms with Crippen LogP contribution in [0.4, 0.5) is 4.79 Å². The first kappa shape index (κ1) is 19.0. The van der Waals surface area contributed by atoms with Gasteiger partial charge in [0.25, 0.3) is 0 Å². The van der Waals surface area contributed by atoms with E-state index in [0.29, 0.717) is 12.3 Å². The van der Waals surface area contributed by atoms with Crippen LogP contribution < -0.4 is 10.1 Å². The molecule has 0 radical (unpaired) electrons. The van der Waals surface area contributed by atoms with E-state index in [4.69, 9.17) is 9.47 Å². The van der Waals surface area contributed by atoms with Crippen LogP contribution in [-0.4, -0.2) is 29.0 Å². The highest BCUT2D eigenvalue weighted by molar-refractivity contribution is 7.56. The molecular weight excluding hydrogens is 343 g/mol. The van der Waals surface area contributed by atoms with Crippen molar-refractivity contribution in [3.63, 3.8) is 0 Å². The molecular formula is C17H21N2O5P. The van der Waals surface area contributed by atoms with Gasteiger partial charge in [0.15, 0.2) is 6.35 Å². The van der Waals surface area contributed by atoms with E-state index in [2.05, 4.69) is 10.3 Å². The largest absolute Gasteiger partial charge is 0.484 e. The highest BCUT2D eigenvalue weighted by Gasteiger charge is 2.12. The predicted molar refractivity (Wildman–Crippen MR) is 93.7 cm³/mol. The molecule has 0 saturated carbocycles. The minimum atomic E-state index is -3.21. The van der Waals surface area contributed by atoms with E-state index in [-0.39, 0.29) is 6.35 Å². The van der Waals surface area contributed by atoms with Crippen LogP contribution in [0.1, 0.15) is 24.2 Å². The van der Waals surface area contributed by atoms with Crippen LogP contribution in [-0.2, 0) is 15.8 Å². The minimum absolute atomic E-state index is 0.233. The summed E-state index contributed by atoms with van der Waals surface area (Å²) >= 11 is 0. The smallest absolute Gasteiger partial charge is 0.408 e. The fraction of sp³-hybridized carbons (Fsp3) is 0.294. The molecule has 7 nitrogen and oxygen atoms in total. The number of ether oxygens (including phenoxy) is 2. The second kappa shape index (κ2) is 8.65. The third-order valence-corrected chi connectivity index (χ3v) is 3.88. The molecule has 0 saturated heterocycles. The Labute approximate surface area is 146 Å². The van der Waals surface area contributed by atoms with Crippen LogP contribution in [0.3, 0.4) is 0 Å². The normalized spacial score (nSPS) is 14.2. The number of hydrogen-bond donors (Lipinski definition) is 2. The van der Waals surface area contributed by atoms with Crippen LogP contribution >= 0.6 is 7.37 Å². The summed E-state index contributed by atoms with van der Waals surface area (Å²) < 4.78 is 21.7. The minimum Gasteiger partial charge on any atom is -0.484 e. The topological polar surface area (TPSA) is 97.8 Å². The molecule has 0 bridgehead atoms. The Morgan fingerprint density at radius 1 is 1.32 bits per heavy atom. The maximum Gasteiger partial charge on any atom is 0.408 e. The van der Waals surface area contributed by atoms with Crippen molar-refractivity contribution >= 4 is 13.5 Å². The standard InChI is InChI=1S/C17H21N2O5P/c1-13(15-4-3-9-18-11-15)24-17(20)19-10-14-5-7-16(8-6-14)23-12-25(2,21)22/h3-9,11,13H,10,12H2,1-2H3,(H,19,20)(H,21,22)/t13-/m0/s1. The summed E-state index contributed by atoms with van der Waals surface area (Å²) in [6.07, 6.45) is 2.15. The molecule has 2 N–H and O–H groups in total. The molecule has 2 aromatic rings. The van der Waals surface area contributed by atoms with Crippen molar-refractivity contribution < 1.29 is 23.7 Å². The average Bonchev–Trinajstić information content (AvgIpc) is 2.59. The molecule has 0 spiro atoms. The summed E-state index contributed by atoms with van der Waals surface area (Å²) in [6.45, 7) is 3.31. The summed E-state index contributed by atoms with van der Waals surface area (Å²) in [4.78, 5) is 25.0. The van der Waals surface area contributed by atoms with Crippen LogP contribution in [0, 0.1) is 0 Å². The van der Waals surface area contributed by atoms with Gasteiger partial charge in [-0.15, -0.1) is 0 Å². The zero-order valence-electron chi connectivity index (χ0n) is 14.1. The lowest BCUT2D eigenvalue weighted by Crippen LogP contribution is -2.24. The predicted octanol–water partition coefficient (Wildman–Crippen LogP) is 3.31. The number of pyridine rings is 1. The number of benzene rings is 1. The lowest BCUT2D eigenvalue weighted by atomic mass is 10.2. The van der Waals surface area contributed by atoms with Gasteiger partial charge in [-0.05, 0) is 30.7 Å². The maximum atomic E-state index is 11.8. The Bertz CT molecular complexity index is 730. The van der Waals surface area contributed by atoms with Crippen molar-refractivity contribution in [3.05, 3.63) is 59.9 Å². The molecule has 8 heteroatoms. The monoisotopic (exact) mass is 364 g/mol. The van der Waals surface area contributed by atoms with Crippen molar-refractivity contribution in [2.75, 3.05) is 13.0 Å². The van der Waals surface area contributed by atoms with Crippen molar-refractivity contribution in [2.45, 2.75) is 19.6 Å². The number of nitrogens with zero attached hydrogens (tertiary/aromatic N) is 1. The van der Waals surface area contributed by atoms with E-state index < -0.39 is 19.6 Å². The zero-order valence-corrected chi connectivity index (χ0v) is 15.0. The number of hydrogen-bond acceptors (Lipinski definition) is 5. The third kappa shape index (κ3) is 6.95. The number of amides is 1. The summed E-state index contributed by atoms with van der Waals surface area (Å²) in [7, 11) is -3.21. The Morgan fingerprint density at radius 2 is 2.04 bits per heavy atom. The Balaban J connectivity index is 1.78. The quantitative estimate of drug-likeness (QED) is 0.732. The second-order valence-corrected chi connectivity index (χ2v) is 8.02. The number of carbonyl (C=O) groups excluding carboxylic acids is 1. The first-order chi connectivity index (χ1) is 11.8. The molecule has 0 aliphatic rings. The SMILES string of the molecule is C[C@H](OC(=O)NCc1ccc(OCP(C)(=O)O)cc1)c1cccnc1. The molecule has 25 heavy (non-hydrogen) atoms. The molecule has 134 valence electrons. The van der Waals surface area contributed by atoms with E-state index in [9.17, 15) is 14.3 Å². The summed E-state index contributed by atoms with van der Waals surface area (Å²) in [5.41, 5.74) is 1.67. The number of alkyl carbamates (subject to hydrolysis) is 1. The van der Waals surface area contributed by atoms with Gasteiger partial charge in [0, 0.05) is 31.2 Å². The Kier molecular flexibility index (Phi) is 6.56. The molecule has 0 aliphatic carbocycles. The lowest BCUT2D eigenvalue weighted by molar-refractivity contribution is 0.106. The van der Waals surface area contributed by atoms with Crippen LogP contribution in [0.15, 0.2) is 48.8 Å². The Morgan fingerprint density at radius 3 is 2.64 bits per heavy atom. The van der Waals surface area contributed by atoms with E-state index in [0.717, 1.165) is 11.1 Å². The van der Waals surface area contributed by atoms with Gasteiger partial charge in [-0.1, -0.05) is 18.2 Å². The molecule has 0 aliphatic heterocycles. The highest BCUT2D eigenvalue weighted by Crippen LogP contribution is 2.35.